The first-order valence-electron chi connectivity index (χ1n) is 6.44. The molecule has 5 nitrogen and oxygen atoms in total. The van der Waals surface area contributed by atoms with Gasteiger partial charge in [-0.2, -0.15) is 15.0 Å². The summed E-state index contributed by atoms with van der Waals surface area (Å²) < 4.78 is 5.51. The molecule has 0 aromatic carbocycles. The van der Waals surface area contributed by atoms with E-state index in [0.29, 0.717) is 24.5 Å². The van der Waals surface area contributed by atoms with Crippen molar-refractivity contribution in [3.63, 3.8) is 0 Å². The number of hydrogen-bond donors (Lipinski definition) is 0. The second kappa shape index (κ2) is 6.18. The van der Waals surface area contributed by atoms with E-state index in [1.165, 1.54) is 19.3 Å². The van der Waals surface area contributed by atoms with E-state index in [2.05, 4.69) is 33.7 Å². The molecule has 0 bridgehead atoms. The molecule has 0 radical (unpaired) electrons. The summed E-state index contributed by atoms with van der Waals surface area (Å²) in [5.41, 5.74) is 0. The number of ether oxygens (including phenoxy) is 1. The van der Waals surface area contributed by atoms with Gasteiger partial charge in [0, 0.05) is 13.1 Å². The predicted octanol–water partition coefficient (Wildman–Crippen LogP) is 2.55. The molecule has 1 aliphatic rings. The summed E-state index contributed by atoms with van der Waals surface area (Å²) in [6.45, 7) is 6.69. The molecule has 0 spiro atoms. The van der Waals surface area contributed by atoms with Crippen LogP contribution in [0.2, 0.25) is 5.28 Å². The van der Waals surface area contributed by atoms with Crippen LogP contribution in [0.4, 0.5) is 5.95 Å². The number of piperidine rings is 1. The molecular formula is C12H19ClN4O. The number of halogens is 1. The highest BCUT2D eigenvalue weighted by Crippen LogP contribution is 2.19. The Morgan fingerprint density at radius 2 is 1.89 bits per heavy atom. The van der Waals surface area contributed by atoms with Gasteiger partial charge in [-0.25, -0.2) is 0 Å². The van der Waals surface area contributed by atoms with Crippen molar-refractivity contribution in [2.75, 3.05) is 24.6 Å². The van der Waals surface area contributed by atoms with E-state index >= 15 is 0 Å². The molecule has 0 amide bonds. The van der Waals surface area contributed by atoms with Gasteiger partial charge in [0.1, 0.15) is 0 Å². The maximum absolute atomic E-state index is 5.92. The van der Waals surface area contributed by atoms with E-state index in [9.17, 15) is 0 Å². The summed E-state index contributed by atoms with van der Waals surface area (Å²) in [6.07, 6.45) is 3.61. The third kappa shape index (κ3) is 3.70. The molecule has 1 fully saturated rings. The van der Waals surface area contributed by atoms with Gasteiger partial charge in [0.05, 0.1) is 6.61 Å². The molecule has 0 aliphatic carbocycles. The molecule has 0 atom stereocenters. The Morgan fingerprint density at radius 1 is 1.17 bits per heavy atom. The number of anilines is 1. The first kappa shape index (κ1) is 13.3. The summed E-state index contributed by atoms with van der Waals surface area (Å²) >= 11 is 5.92. The first-order chi connectivity index (χ1) is 8.65. The Hall–Kier alpha value is -1.10. The molecule has 18 heavy (non-hydrogen) atoms. The van der Waals surface area contributed by atoms with Crippen molar-refractivity contribution < 1.29 is 4.74 Å². The molecule has 1 aromatic heterocycles. The van der Waals surface area contributed by atoms with Crippen molar-refractivity contribution in [1.82, 2.24) is 15.0 Å². The second-order valence-electron chi connectivity index (χ2n) is 4.94. The van der Waals surface area contributed by atoms with Crippen LogP contribution in [0.1, 0.15) is 33.1 Å². The number of hydrogen-bond acceptors (Lipinski definition) is 5. The highest BCUT2D eigenvalue weighted by atomic mass is 35.5. The highest BCUT2D eigenvalue weighted by Gasteiger charge is 2.16. The van der Waals surface area contributed by atoms with Gasteiger partial charge >= 0.3 is 6.01 Å². The first-order valence-corrected chi connectivity index (χ1v) is 6.82. The lowest BCUT2D eigenvalue weighted by Crippen LogP contribution is -2.31. The summed E-state index contributed by atoms with van der Waals surface area (Å²) in [5, 5.41) is 0.198. The monoisotopic (exact) mass is 270 g/mol. The smallest absolute Gasteiger partial charge is 0.322 e. The second-order valence-corrected chi connectivity index (χ2v) is 5.28. The summed E-state index contributed by atoms with van der Waals surface area (Å²) in [7, 11) is 0. The number of rotatable bonds is 4. The lowest BCUT2D eigenvalue weighted by Gasteiger charge is -2.26. The molecule has 1 saturated heterocycles. The maximum Gasteiger partial charge on any atom is 0.322 e. The number of aromatic nitrogens is 3. The van der Waals surface area contributed by atoms with Gasteiger partial charge in [0.2, 0.25) is 11.2 Å². The predicted molar refractivity (Wildman–Crippen MR) is 71.2 cm³/mol. The standard InChI is InChI=1S/C12H19ClN4O/c1-9(2)8-18-12-15-10(13)14-11(16-12)17-6-4-3-5-7-17/h9H,3-8H2,1-2H3. The van der Waals surface area contributed by atoms with Crippen LogP contribution in [0, 0.1) is 5.92 Å². The van der Waals surface area contributed by atoms with Crippen LogP contribution in [-0.4, -0.2) is 34.6 Å². The topological polar surface area (TPSA) is 51.1 Å². The molecule has 1 aromatic rings. The van der Waals surface area contributed by atoms with Gasteiger partial charge in [-0.1, -0.05) is 13.8 Å². The average molecular weight is 271 g/mol. The zero-order valence-corrected chi connectivity index (χ0v) is 11.7. The van der Waals surface area contributed by atoms with Gasteiger partial charge in [0.25, 0.3) is 0 Å². The molecular weight excluding hydrogens is 252 g/mol. The van der Waals surface area contributed by atoms with Gasteiger partial charge in [-0.05, 0) is 36.8 Å². The van der Waals surface area contributed by atoms with Crippen LogP contribution in [0.15, 0.2) is 0 Å². The molecule has 0 N–H and O–H groups in total. The van der Waals surface area contributed by atoms with Crippen LogP contribution < -0.4 is 9.64 Å². The molecule has 6 heteroatoms. The molecule has 2 rings (SSSR count). The highest BCUT2D eigenvalue weighted by molar-refractivity contribution is 6.28. The Bertz CT molecular complexity index is 394. The SMILES string of the molecule is CC(C)COc1nc(Cl)nc(N2CCCCC2)n1. The van der Waals surface area contributed by atoms with E-state index in [1.54, 1.807) is 0 Å². The Morgan fingerprint density at radius 3 is 2.56 bits per heavy atom. The average Bonchev–Trinajstić information content (AvgIpc) is 2.37. The Balaban J connectivity index is 2.09. The Kier molecular flexibility index (Phi) is 4.58. The molecule has 2 heterocycles. The zero-order valence-electron chi connectivity index (χ0n) is 10.9. The minimum Gasteiger partial charge on any atom is -0.463 e. The third-order valence-corrected chi connectivity index (χ3v) is 2.93. The summed E-state index contributed by atoms with van der Waals surface area (Å²) in [6, 6.07) is 0.323. The van der Waals surface area contributed by atoms with Gasteiger partial charge in [0.15, 0.2) is 0 Å². The molecule has 1 aliphatic heterocycles. The van der Waals surface area contributed by atoms with Crippen molar-refractivity contribution in [1.29, 1.82) is 0 Å². The minimum atomic E-state index is 0.198. The van der Waals surface area contributed by atoms with Crippen molar-refractivity contribution in [2.24, 2.45) is 5.92 Å². The Labute approximate surface area is 113 Å². The minimum absolute atomic E-state index is 0.198. The van der Waals surface area contributed by atoms with E-state index in [4.69, 9.17) is 16.3 Å². The lowest BCUT2D eigenvalue weighted by atomic mass is 10.1. The molecule has 100 valence electrons. The maximum atomic E-state index is 5.92. The van der Waals surface area contributed by atoms with E-state index in [1.807, 2.05) is 0 Å². The zero-order chi connectivity index (χ0) is 13.0. The van der Waals surface area contributed by atoms with E-state index in [-0.39, 0.29) is 5.28 Å². The fourth-order valence-corrected chi connectivity index (χ4v) is 2.01. The van der Waals surface area contributed by atoms with Crippen LogP contribution >= 0.6 is 11.6 Å². The summed E-state index contributed by atoms with van der Waals surface area (Å²) in [5.74, 6) is 1.06. The van der Waals surface area contributed by atoms with Crippen LogP contribution in [0.5, 0.6) is 6.01 Å². The van der Waals surface area contributed by atoms with Crippen molar-refractivity contribution >= 4 is 17.5 Å². The van der Waals surface area contributed by atoms with Crippen molar-refractivity contribution in [3.05, 3.63) is 5.28 Å². The lowest BCUT2D eigenvalue weighted by molar-refractivity contribution is 0.250. The molecule has 0 saturated carbocycles. The summed E-state index contributed by atoms with van der Waals surface area (Å²) in [4.78, 5) is 14.6. The van der Waals surface area contributed by atoms with Crippen LogP contribution in [0.25, 0.3) is 0 Å². The van der Waals surface area contributed by atoms with Gasteiger partial charge in [-0.15, -0.1) is 0 Å². The number of nitrogens with zero attached hydrogens (tertiary/aromatic N) is 4. The van der Waals surface area contributed by atoms with Crippen LogP contribution in [-0.2, 0) is 0 Å². The fraction of sp³-hybridized carbons (Fsp3) is 0.750. The van der Waals surface area contributed by atoms with Crippen molar-refractivity contribution in [3.8, 4) is 6.01 Å². The van der Waals surface area contributed by atoms with Crippen molar-refractivity contribution in [2.45, 2.75) is 33.1 Å². The van der Waals surface area contributed by atoms with Gasteiger partial charge in [-0.3, -0.25) is 0 Å². The normalized spacial score (nSPS) is 16.1. The third-order valence-electron chi connectivity index (χ3n) is 2.76. The van der Waals surface area contributed by atoms with Crippen LogP contribution in [0.3, 0.4) is 0 Å². The van der Waals surface area contributed by atoms with Gasteiger partial charge < -0.3 is 9.64 Å². The van der Waals surface area contributed by atoms with E-state index < -0.39 is 0 Å². The quantitative estimate of drug-likeness (QED) is 0.842. The molecule has 0 unspecified atom stereocenters. The van der Waals surface area contributed by atoms with E-state index in [0.717, 1.165) is 13.1 Å². The largest absolute Gasteiger partial charge is 0.463 e. The fourth-order valence-electron chi connectivity index (χ4n) is 1.86.